The predicted molar refractivity (Wildman–Crippen MR) is 237 cm³/mol. The van der Waals surface area contributed by atoms with Crippen LogP contribution in [0.3, 0.4) is 0 Å². The van der Waals surface area contributed by atoms with Crippen LogP contribution in [0.15, 0.2) is 152 Å². The van der Waals surface area contributed by atoms with Gasteiger partial charge in [-0.3, -0.25) is 9.59 Å². The molecule has 1 aliphatic heterocycles. The van der Waals surface area contributed by atoms with Gasteiger partial charge in [-0.25, -0.2) is 4.79 Å². The van der Waals surface area contributed by atoms with Gasteiger partial charge in [0.05, 0.1) is 10.8 Å². The Hall–Kier alpha value is -5.38. The molecule has 9 heteroatoms. The molecule has 2 amide bonds. The van der Waals surface area contributed by atoms with Crippen LogP contribution in [0.2, 0.25) is 0 Å². The lowest BCUT2D eigenvalue weighted by atomic mass is 9.84. The van der Waals surface area contributed by atoms with Crippen LogP contribution in [-0.2, 0) is 23.8 Å². The van der Waals surface area contributed by atoms with Crippen molar-refractivity contribution in [3.05, 3.63) is 179 Å². The fraction of sp³-hybridized carbons (Fsp3) is 0.340. The number of nitrogens with one attached hydrogen (secondary N) is 2. The molecular weight excluding hydrogens is 755 g/mol. The summed E-state index contributed by atoms with van der Waals surface area (Å²) in [6.07, 6.45) is 0.981. The Labute approximate surface area is 354 Å². The number of nitrogens with zero attached hydrogens (tertiary/aromatic N) is 1. The number of esters is 1. The zero-order valence-electron chi connectivity index (χ0n) is 34.8. The SMILES string of the molecule is CC[C@H](C)[C@H](NC[C@H]1C[C@@H](SC(c2ccccc2)(c2ccccc2)c2ccccc2)CN1C(=O)OC(C)(C)C)C(=O)OCC(=O)NC(c1ccccc1)c1ccccc1. The molecule has 5 aromatic rings. The second-order valence-corrected chi connectivity index (χ2v) is 17.8. The van der Waals surface area contributed by atoms with Crippen LogP contribution in [-0.4, -0.2) is 65.5 Å². The first-order valence-electron chi connectivity index (χ1n) is 20.6. The van der Waals surface area contributed by atoms with Gasteiger partial charge >= 0.3 is 12.1 Å². The summed E-state index contributed by atoms with van der Waals surface area (Å²) in [7, 11) is 0. The van der Waals surface area contributed by atoms with Crippen molar-refractivity contribution in [3.63, 3.8) is 0 Å². The Morgan fingerprint density at radius 2 is 1.19 bits per heavy atom. The number of hydrogen-bond donors (Lipinski definition) is 2. The van der Waals surface area contributed by atoms with Gasteiger partial charge in [0.25, 0.3) is 5.91 Å². The first-order valence-corrected chi connectivity index (χ1v) is 21.5. The molecular formula is C50H57N3O5S. The minimum absolute atomic E-state index is 0.00908. The lowest BCUT2D eigenvalue weighted by Crippen LogP contribution is -2.50. The normalized spacial score (nSPS) is 16.6. The number of rotatable bonds is 16. The standard InChI is InChI=1S/C50H57N3O5S/c1-6-36(2)45(47(55)57-35-44(54)52-46(37-22-12-7-13-23-37)38-24-14-8-15-25-38)51-33-42-32-43(34-53(42)48(56)58-49(3,4)5)59-50(39-26-16-9-17-27-39,40-28-18-10-19-29-40)41-30-20-11-21-31-41/h7-31,36,42-43,45-46,51H,6,32-35H2,1-5H3,(H,52,54)/t36-,42+,43+,45-/m0/s1. The first kappa shape index (κ1) is 43.2. The van der Waals surface area contributed by atoms with E-state index < -0.39 is 40.9 Å². The molecule has 0 aromatic heterocycles. The third-order valence-corrected chi connectivity index (χ3v) is 12.6. The summed E-state index contributed by atoms with van der Waals surface area (Å²) in [5.41, 5.74) is 4.61. The highest BCUT2D eigenvalue weighted by atomic mass is 32.2. The van der Waals surface area contributed by atoms with Crippen LogP contribution in [0.1, 0.15) is 81.3 Å². The maximum Gasteiger partial charge on any atom is 0.410 e. The third kappa shape index (κ3) is 11.0. The number of thioether (sulfide) groups is 1. The quantitative estimate of drug-likeness (QED) is 0.0757. The summed E-state index contributed by atoms with van der Waals surface area (Å²) in [6, 6.07) is 49.7. The molecule has 59 heavy (non-hydrogen) atoms. The summed E-state index contributed by atoms with van der Waals surface area (Å²) in [6.45, 7) is 10.0. The maximum absolute atomic E-state index is 14.0. The van der Waals surface area contributed by atoms with Gasteiger partial charge in [0.1, 0.15) is 11.6 Å². The molecule has 1 saturated heterocycles. The van der Waals surface area contributed by atoms with Crippen LogP contribution in [0, 0.1) is 5.92 Å². The molecule has 8 nitrogen and oxygen atoms in total. The Bertz CT molecular complexity index is 1940. The molecule has 0 saturated carbocycles. The summed E-state index contributed by atoms with van der Waals surface area (Å²) in [5, 5.41) is 6.56. The van der Waals surface area contributed by atoms with E-state index >= 15 is 0 Å². The topological polar surface area (TPSA) is 97.0 Å². The van der Waals surface area contributed by atoms with E-state index in [1.54, 1.807) is 0 Å². The molecule has 1 fully saturated rings. The van der Waals surface area contributed by atoms with E-state index in [1.165, 1.54) is 0 Å². The Kier molecular flexibility index (Phi) is 14.7. The van der Waals surface area contributed by atoms with Crippen LogP contribution >= 0.6 is 11.8 Å². The summed E-state index contributed by atoms with van der Waals surface area (Å²) < 4.78 is 11.1. The van der Waals surface area contributed by atoms with Crippen molar-refractivity contribution in [1.82, 2.24) is 15.5 Å². The summed E-state index contributed by atoms with van der Waals surface area (Å²) >= 11 is 1.85. The van der Waals surface area contributed by atoms with E-state index in [1.807, 2.05) is 130 Å². The van der Waals surface area contributed by atoms with Crippen molar-refractivity contribution in [2.45, 2.75) is 81.2 Å². The zero-order valence-corrected chi connectivity index (χ0v) is 35.6. The highest BCUT2D eigenvalue weighted by molar-refractivity contribution is 8.01. The van der Waals surface area contributed by atoms with Crippen molar-refractivity contribution in [3.8, 4) is 0 Å². The molecule has 0 bridgehead atoms. The van der Waals surface area contributed by atoms with Crippen LogP contribution in [0.5, 0.6) is 0 Å². The molecule has 4 atom stereocenters. The van der Waals surface area contributed by atoms with Crippen molar-refractivity contribution >= 4 is 29.7 Å². The van der Waals surface area contributed by atoms with E-state index in [9.17, 15) is 14.4 Å². The minimum atomic E-state index is -0.698. The van der Waals surface area contributed by atoms with Gasteiger partial charge in [0.2, 0.25) is 0 Å². The number of carbonyl (C=O) groups is 3. The molecule has 1 aliphatic rings. The molecule has 2 N–H and O–H groups in total. The van der Waals surface area contributed by atoms with Crippen molar-refractivity contribution < 1.29 is 23.9 Å². The second-order valence-electron chi connectivity index (χ2n) is 16.2. The van der Waals surface area contributed by atoms with Crippen LogP contribution in [0.4, 0.5) is 4.79 Å². The highest BCUT2D eigenvalue weighted by Crippen LogP contribution is 2.52. The Morgan fingerprint density at radius 3 is 1.63 bits per heavy atom. The molecule has 5 aromatic carbocycles. The number of hydrogen-bond acceptors (Lipinski definition) is 7. The second kappa shape index (κ2) is 20.1. The van der Waals surface area contributed by atoms with E-state index in [0.717, 1.165) is 27.8 Å². The van der Waals surface area contributed by atoms with Gasteiger partial charge in [0.15, 0.2) is 6.61 Å². The average Bonchev–Trinajstić information content (AvgIpc) is 3.67. The lowest BCUT2D eigenvalue weighted by Gasteiger charge is -2.37. The van der Waals surface area contributed by atoms with Gasteiger partial charge in [-0.05, 0) is 60.9 Å². The van der Waals surface area contributed by atoms with Gasteiger partial charge in [0, 0.05) is 24.4 Å². The van der Waals surface area contributed by atoms with E-state index in [0.29, 0.717) is 25.9 Å². The van der Waals surface area contributed by atoms with Crippen LogP contribution in [0.25, 0.3) is 0 Å². The maximum atomic E-state index is 14.0. The Balaban J connectivity index is 1.21. The van der Waals surface area contributed by atoms with Gasteiger partial charge in [-0.2, -0.15) is 0 Å². The fourth-order valence-electron chi connectivity index (χ4n) is 7.76. The van der Waals surface area contributed by atoms with Crippen molar-refractivity contribution in [2.24, 2.45) is 5.92 Å². The first-order chi connectivity index (χ1) is 28.5. The number of ether oxygens (including phenoxy) is 2. The number of likely N-dealkylation sites (tertiary alicyclic amines) is 1. The van der Waals surface area contributed by atoms with Crippen LogP contribution < -0.4 is 10.6 Å². The largest absolute Gasteiger partial charge is 0.454 e. The molecule has 0 radical (unpaired) electrons. The van der Waals surface area contributed by atoms with Gasteiger partial charge < -0.3 is 25.0 Å². The molecule has 0 aliphatic carbocycles. The van der Waals surface area contributed by atoms with Gasteiger partial charge in [-0.15, -0.1) is 11.8 Å². The fourth-order valence-corrected chi connectivity index (χ4v) is 9.63. The Morgan fingerprint density at radius 1 is 0.729 bits per heavy atom. The van der Waals surface area contributed by atoms with Gasteiger partial charge in [-0.1, -0.05) is 172 Å². The molecule has 1 heterocycles. The van der Waals surface area contributed by atoms with Crippen molar-refractivity contribution in [1.29, 1.82) is 0 Å². The average molecular weight is 812 g/mol. The molecule has 308 valence electrons. The lowest BCUT2D eigenvalue weighted by molar-refractivity contribution is -0.152. The third-order valence-electron chi connectivity index (χ3n) is 10.8. The van der Waals surface area contributed by atoms with E-state index in [-0.39, 0.29) is 23.3 Å². The highest BCUT2D eigenvalue weighted by Gasteiger charge is 2.45. The van der Waals surface area contributed by atoms with E-state index in [2.05, 4.69) is 83.4 Å². The zero-order chi connectivity index (χ0) is 41.8. The summed E-state index contributed by atoms with van der Waals surface area (Å²) in [5.74, 6) is -1.01. The molecule has 0 unspecified atom stereocenters. The summed E-state index contributed by atoms with van der Waals surface area (Å²) in [4.78, 5) is 43.0. The molecule has 6 rings (SSSR count). The van der Waals surface area contributed by atoms with Crippen molar-refractivity contribution in [2.75, 3.05) is 19.7 Å². The predicted octanol–water partition coefficient (Wildman–Crippen LogP) is 9.54. The minimum Gasteiger partial charge on any atom is -0.454 e. The number of benzene rings is 5. The number of amides is 2. The molecule has 0 spiro atoms. The smallest absolute Gasteiger partial charge is 0.410 e. The number of carbonyl (C=O) groups excluding carboxylic acids is 3. The van der Waals surface area contributed by atoms with E-state index in [4.69, 9.17) is 9.47 Å². The monoisotopic (exact) mass is 811 g/mol.